The summed E-state index contributed by atoms with van der Waals surface area (Å²) in [7, 11) is 0. The second kappa shape index (κ2) is 6.86. The van der Waals surface area contributed by atoms with Gasteiger partial charge in [0.25, 0.3) is 0 Å². The highest BCUT2D eigenvalue weighted by molar-refractivity contribution is 9.10. The quantitative estimate of drug-likeness (QED) is 0.365. The van der Waals surface area contributed by atoms with E-state index in [9.17, 15) is 4.39 Å². The molecule has 0 radical (unpaired) electrons. The maximum absolute atomic E-state index is 13.7. The maximum atomic E-state index is 13.7. The summed E-state index contributed by atoms with van der Waals surface area (Å²) in [4.78, 5) is 4.87. The molecule has 0 aliphatic rings. The van der Waals surface area contributed by atoms with Crippen molar-refractivity contribution < 1.29 is 4.39 Å². The number of imidazole rings is 1. The zero-order valence-corrected chi connectivity index (χ0v) is 16.4. The van der Waals surface area contributed by atoms with Gasteiger partial charge in [-0.15, -0.1) is 0 Å². The number of nitrogens with zero attached hydrogens (tertiary/aromatic N) is 2. The van der Waals surface area contributed by atoms with E-state index < -0.39 is 0 Å². The van der Waals surface area contributed by atoms with Gasteiger partial charge in [0.1, 0.15) is 11.5 Å². The lowest BCUT2D eigenvalue weighted by Crippen LogP contribution is -1.98. The Morgan fingerprint density at radius 2 is 1.92 bits per heavy atom. The number of rotatable bonds is 3. The van der Waals surface area contributed by atoms with E-state index in [1.165, 1.54) is 6.07 Å². The monoisotopic (exact) mass is 428 g/mol. The highest BCUT2D eigenvalue weighted by Crippen LogP contribution is 2.30. The van der Waals surface area contributed by atoms with Gasteiger partial charge < -0.3 is 4.40 Å². The third-order valence-electron chi connectivity index (χ3n) is 4.33. The molecule has 26 heavy (non-hydrogen) atoms. The zero-order valence-electron chi connectivity index (χ0n) is 14.0. The zero-order chi connectivity index (χ0) is 18.3. The van der Waals surface area contributed by atoms with Crippen LogP contribution in [0.1, 0.15) is 16.8 Å². The van der Waals surface area contributed by atoms with Gasteiger partial charge in [0, 0.05) is 27.7 Å². The minimum atomic E-state index is -0.238. The van der Waals surface area contributed by atoms with Crippen molar-refractivity contribution in [2.75, 3.05) is 0 Å². The van der Waals surface area contributed by atoms with E-state index in [-0.39, 0.29) is 5.82 Å². The number of aromatic nitrogens is 2. The van der Waals surface area contributed by atoms with E-state index in [1.54, 1.807) is 12.1 Å². The third kappa shape index (κ3) is 3.27. The molecule has 5 heteroatoms. The van der Waals surface area contributed by atoms with Crippen molar-refractivity contribution in [2.45, 2.75) is 13.3 Å². The van der Waals surface area contributed by atoms with Gasteiger partial charge in [-0.2, -0.15) is 0 Å². The molecule has 2 heterocycles. The molecule has 4 aromatic rings. The summed E-state index contributed by atoms with van der Waals surface area (Å²) in [5.41, 5.74) is 5.65. The molecule has 130 valence electrons. The molecule has 0 spiro atoms. The molecule has 2 nitrogen and oxygen atoms in total. The molecule has 0 aliphatic carbocycles. The number of fused-ring (bicyclic) bond motifs is 1. The van der Waals surface area contributed by atoms with Crippen molar-refractivity contribution in [3.8, 4) is 11.3 Å². The van der Waals surface area contributed by atoms with E-state index in [0.29, 0.717) is 11.4 Å². The molecule has 0 bridgehead atoms. The maximum Gasteiger partial charge on any atom is 0.140 e. The highest BCUT2D eigenvalue weighted by atomic mass is 79.9. The highest BCUT2D eigenvalue weighted by Gasteiger charge is 2.17. The fraction of sp³-hybridized carbons (Fsp3) is 0.0952. The molecule has 2 aromatic carbocycles. The van der Waals surface area contributed by atoms with E-state index in [1.807, 2.05) is 49.5 Å². The van der Waals surface area contributed by atoms with E-state index >= 15 is 0 Å². The summed E-state index contributed by atoms with van der Waals surface area (Å²) in [6.45, 7) is 2.03. The van der Waals surface area contributed by atoms with Crippen LogP contribution >= 0.6 is 27.5 Å². The molecular weight excluding hydrogens is 415 g/mol. The first-order valence-electron chi connectivity index (χ1n) is 8.19. The second-order valence-electron chi connectivity index (χ2n) is 6.26. The molecule has 0 N–H and O–H groups in total. The van der Waals surface area contributed by atoms with Gasteiger partial charge in [-0.25, -0.2) is 9.37 Å². The standard InChI is InChI=1S/C21H15BrClFN2/c1-13-8-16(22)12-26-19(10-14-4-2-7-18(24)9-14)20(25-21(13)26)15-5-3-6-17(23)11-15/h2-9,11-12H,10H2,1H3. The van der Waals surface area contributed by atoms with Crippen molar-refractivity contribution in [2.24, 2.45) is 0 Å². The third-order valence-corrected chi connectivity index (χ3v) is 5.00. The van der Waals surface area contributed by atoms with Crippen molar-refractivity contribution in [3.63, 3.8) is 0 Å². The van der Waals surface area contributed by atoms with Crippen LogP contribution in [0, 0.1) is 12.7 Å². The Bertz CT molecular complexity index is 1120. The van der Waals surface area contributed by atoms with Crippen LogP contribution in [0.15, 0.2) is 65.3 Å². The Hall–Kier alpha value is -2.17. The number of aryl methyl sites for hydroxylation is 1. The van der Waals surface area contributed by atoms with Crippen LogP contribution in [0.5, 0.6) is 0 Å². The number of pyridine rings is 1. The van der Waals surface area contributed by atoms with Crippen LogP contribution in [-0.4, -0.2) is 9.38 Å². The molecule has 0 atom stereocenters. The van der Waals surface area contributed by atoms with Gasteiger partial charge in [0.15, 0.2) is 0 Å². The van der Waals surface area contributed by atoms with E-state index in [4.69, 9.17) is 16.6 Å². The first-order valence-corrected chi connectivity index (χ1v) is 9.36. The Labute approximate surface area is 164 Å². The Morgan fingerprint density at radius 1 is 1.12 bits per heavy atom. The lowest BCUT2D eigenvalue weighted by molar-refractivity contribution is 0.626. The van der Waals surface area contributed by atoms with Gasteiger partial charge in [-0.1, -0.05) is 35.9 Å². The number of hydrogen-bond donors (Lipinski definition) is 0. The van der Waals surface area contributed by atoms with Crippen LogP contribution in [0.4, 0.5) is 4.39 Å². The number of halogens is 3. The van der Waals surface area contributed by atoms with Gasteiger partial charge in [-0.3, -0.25) is 0 Å². The van der Waals surface area contributed by atoms with Crippen molar-refractivity contribution in [3.05, 3.63) is 92.9 Å². The predicted octanol–water partition coefficient (Wildman–Crippen LogP) is 6.46. The van der Waals surface area contributed by atoms with Crippen LogP contribution in [-0.2, 0) is 6.42 Å². The molecule has 0 saturated carbocycles. The summed E-state index contributed by atoms with van der Waals surface area (Å²) in [6.07, 6.45) is 2.56. The van der Waals surface area contributed by atoms with Gasteiger partial charge in [0.05, 0.1) is 11.4 Å². The largest absolute Gasteiger partial charge is 0.302 e. The summed E-state index contributed by atoms with van der Waals surface area (Å²) in [5, 5.41) is 0.661. The first-order chi connectivity index (χ1) is 12.5. The minimum Gasteiger partial charge on any atom is -0.302 e. The summed E-state index contributed by atoms with van der Waals surface area (Å²) < 4.78 is 16.7. The molecule has 0 fully saturated rings. The Kier molecular flexibility index (Phi) is 4.55. The molecule has 4 rings (SSSR count). The van der Waals surface area contributed by atoms with Crippen LogP contribution < -0.4 is 0 Å². The van der Waals surface area contributed by atoms with Crippen LogP contribution in [0.2, 0.25) is 5.02 Å². The molecule has 2 aromatic heterocycles. The van der Waals surface area contributed by atoms with Gasteiger partial charge in [-0.05, 0) is 64.3 Å². The molecular formula is C21H15BrClFN2. The van der Waals surface area contributed by atoms with E-state index in [0.717, 1.165) is 38.2 Å². The lowest BCUT2D eigenvalue weighted by atomic mass is 10.0. The van der Waals surface area contributed by atoms with Crippen molar-refractivity contribution >= 4 is 33.2 Å². The van der Waals surface area contributed by atoms with Crippen LogP contribution in [0.25, 0.3) is 16.9 Å². The normalized spacial score (nSPS) is 11.2. The van der Waals surface area contributed by atoms with Gasteiger partial charge in [0.2, 0.25) is 0 Å². The Morgan fingerprint density at radius 3 is 2.69 bits per heavy atom. The van der Waals surface area contributed by atoms with Crippen molar-refractivity contribution in [1.29, 1.82) is 0 Å². The molecule has 0 amide bonds. The fourth-order valence-electron chi connectivity index (χ4n) is 3.19. The molecule has 0 aliphatic heterocycles. The second-order valence-corrected chi connectivity index (χ2v) is 7.61. The molecule has 0 unspecified atom stereocenters. The van der Waals surface area contributed by atoms with Crippen LogP contribution in [0.3, 0.4) is 0 Å². The smallest absolute Gasteiger partial charge is 0.140 e. The lowest BCUT2D eigenvalue weighted by Gasteiger charge is -2.07. The topological polar surface area (TPSA) is 17.3 Å². The predicted molar refractivity (Wildman–Crippen MR) is 107 cm³/mol. The number of hydrogen-bond acceptors (Lipinski definition) is 1. The Balaban J connectivity index is 1.97. The summed E-state index contributed by atoms with van der Waals surface area (Å²) in [6, 6.07) is 16.4. The van der Waals surface area contributed by atoms with Crippen molar-refractivity contribution in [1.82, 2.24) is 9.38 Å². The summed E-state index contributed by atoms with van der Waals surface area (Å²) in [5.74, 6) is -0.238. The first kappa shape index (κ1) is 17.3. The SMILES string of the molecule is Cc1cc(Br)cn2c(Cc3cccc(F)c3)c(-c3cccc(Cl)c3)nc12. The fourth-order valence-corrected chi connectivity index (χ4v) is 3.93. The average molecular weight is 430 g/mol. The van der Waals surface area contributed by atoms with E-state index in [2.05, 4.69) is 20.3 Å². The summed E-state index contributed by atoms with van der Waals surface area (Å²) >= 11 is 9.75. The minimum absolute atomic E-state index is 0.238. The number of benzene rings is 2. The average Bonchev–Trinajstić information content (AvgIpc) is 2.94. The molecule has 0 saturated heterocycles. The van der Waals surface area contributed by atoms with Gasteiger partial charge >= 0.3 is 0 Å².